The number of nitrogens with zero attached hydrogens (tertiary/aromatic N) is 2. The molecular formula is C14H25N3O3. The van der Waals surface area contributed by atoms with Crippen molar-refractivity contribution in [1.29, 1.82) is 0 Å². The van der Waals surface area contributed by atoms with Crippen molar-refractivity contribution >= 4 is 11.8 Å². The second kappa shape index (κ2) is 7.04. The molecule has 2 saturated heterocycles. The van der Waals surface area contributed by atoms with Crippen LogP contribution in [0.3, 0.4) is 0 Å². The van der Waals surface area contributed by atoms with Crippen molar-refractivity contribution in [3.63, 3.8) is 0 Å². The molecule has 2 atom stereocenters. The predicted octanol–water partition coefficient (Wildman–Crippen LogP) is -0.308. The van der Waals surface area contributed by atoms with Crippen LogP contribution in [0.1, 0.15) is 19.3 Å². The summed E-state index contributed by atoms with van der Waals surface area (Å²) in [5.74, 6) is 0.0533. The van der Waals surface area contributed by atoms with E-state index in [1.54, 1.807) is 12.0 Å². The van der Waals surface area contributed by atoms with Crippen LogP contribution < -0.4 is 5.32 Å². The van der Waals surface area contributed by atoms with Gasteiger partial charge in [0.25, 0.3) is 0 Å². The first kappa shape index (κ1) is 15.3. The number of nitrogens with one attached hydrogen (secondary N) is 1. The second-order valence-electron chi connectivity index (χ2n) is 5.62. The molecule has 0 aromatic heterocycles. The average Bonchev–Trinajstić information content (AvgIpc) is 3.03. The van der Waals surface area contributed by atoms with Crippen LogP contribution in [0.15, 0.2) is 0 Å². The van der Waals surface area contributed by atoms with Gasteiger partial charge in [-0.3, -0.25) is 9.59 Å². The van der Waals surface area contributed by atoms with Gasteiger partial charge in [0.2, 0.25) is 11.8 Å². The first-order valence-electron chi connectivity index (χ1n) is 7.39. The molecule has 2 aliphatic rings. The highest BCUT2D eigenvalue weighted by molar-refractivity contribution is 5.89. The lowest BCUT2D eigenvalue weighted by Crippen LogP contribution is -2.44. The van der Waals surface area contributed by atoms with Gasteiger partial charge in [0.15, 0.2) is 0 Å². The minimum absolute atomic E-state index is 0.0739. The molecule has 114 valence electrons. The van der Waals surface area contributed by atoms with Crippen LogP contribution in [-0.4, -0.2) is 74.6 Å². The van der Waals surface area contributed by atoms with Crippen molar-refractivity contribution < 1.29 is 14.3 Å². The van der Waals surface area contributed by atoms with Crippen LogP contribution in [0.25, 0.3) is 0 Å². The van der Waals surface area contributed by atoms with Gasteiger partial charge in [-0.05, 0) is 19.9 Å². The predicted molar refractivity (Wildman–Crippen MR) is 75.2 cm³/mol. The van der Waals surface area contributed by atoms with E-state index in [4.69, 9.17) is 4.74 Å². The van der Waals surface area contributed by atoms with E-state index in [1.807, 2.05) is 11.9 Å². The lowest BCUT2D eigenvalue weighted by Gasteiger charge is -2.27. The van der Waals surface area contributed by atoms with Crippen molar-refractivity contribution in [2.45, 2.75) is 25.3 Å². The summed E-state index contributed by atoms with van der Waals surface area (Å²) >= 11 is 0. The standard InChI is InChI=1S/C14H25N3O3/c1-15-9-12-4-3-5-17(12)14(19)11-8-13(18)16(10-11)6-7-20-2/h11-12,15H,3-10H2,1-2H3. The lowest BCUT2D eigenvalue weighted by atomic mass is 10.1. The number of carbonyl (C=O) groups is 2. The summed E-state index contributed by atoms with van der Waals surface area (Å²) in [6, 6.07) is 0.288. The monoisotopic (exact) mass is 283 g/mol. The Morgan fingerprint density at radius 2 is 2.30 bits per heavy atom. The zero-order valence-corrected chi connectivity index (χ0v) is 12.4. The highest BCUT2D eigenvalue weighted by atomic mass is 16.5. The minimum atomic E-state index is -0.170. The number of hydrogen-bond acceptors (Lipinski definition) is 4. The van der Waals surface area contributed by atoms with Crippen molar-refractivity contribution in [3.8, 4) is 0 Å². The topological polar surface area (TPSA) is 61.9 Å². The molecule has 0 aromatic rings. The summed E-state index contributed by atoms with van der Waals surface area (Å²) in [5.41, 5.74) is 0. The number of carbonyl (C=O) groups excluding carboxylic acids is 2. The molecule has 0 radical (unpaired) electrons. The highest BCUT2D eigenvalue weighted by Gasteiger charge is 2.39. The third kappa shape index (κ3) is 3.30. The van der Waals surface area contributed by atoms with Gasteiger partial charge in [0.1, 0.15) is 0 Å². The average molecular weight is 283 g/mol. The number of ether oxygens (including phenoxy) is 1. The lowest BCUT2D eigenvalue weighted by molar-refractivity contribution is -0.136. The maximum atomic E-state index is 12.6. The van der Waals surface area contributed by atoms with E-state index in [2.05, 4.69) is 5.32 Å². The molecule has 6 heteroatoms. The Kier molecular flexibility index (Phi) is 5.37. The van der Waals surface area contributed by atoms with Gasteiger partial charge >= 0.3 is 0 Å². The molecule has 2 heterocycles. The molecule has 0 aromatic carbocycles. The fourth-order valence-corrected chi connectivity index (χ4v) is 3.16. The number of rotatable bonds is 6. The van der Waals surface area contributed by atoms with E-state index in [0.717, 1.165) is 25.9 Å². The minimum Gasteiger partial charge on any atom is -0.383 e. The Labute approximate surface area is 120 Å². The van der Waals surface area contributed by atoms with E-state index < -0.39 is 0 Å². The fraction of sp³-hybridized carbons (Fsp3) is 0.857. The number of hydrogen-bond donors (Lipinski definition) is 1. The number of likely N-dealkylation sites (tertiary alicyclic amines) is 2. The summed E-state index contributed by atoms with van der Waals surface area (Å²) in [4.78, 5) is 28.2. The van der Waals surface area contributed by atoms with Crippen LogP contribution in [0, 0.1) is 5.92 Å². The number of methoxy groups -OCH3 is 1. The highest BCUT2D eigenvalue weighted by Crippen LogP contribution is 2.25. The van der Waals surface area contributed by atoms with Crippen LogP contribution in [0.2, 0.25) is 0 Å². The summed E-state index contributed by atoms with van der Waals surface area (Å²) in [6.45, 7) is 3.31. The second-order valence-corrected chi connectivity index (χ2v) is 5.62. The third-order valence-electron chi connectivity index (χ3n) is 4.23. The largest absolute Gasteiger partial charge is 0.383 e. The maximum absolute atomic E-state index is 12.6. The molecule has 2 rings (SSSR count). The van der Waals surface area contributed by atoms with E-state index in [1.165, 1.54) is 0 Å². The van der Waals surface area contributed by atoms with Gasteiger partial charge in [-0.1, -0.05) is 0 Å². The first-order chi connectivity index (χ1) is 9.67. The molecule has 0 aliphatic carbocycles. The van der Waals surface area contributed by atoms with Gasteiger partial charge in [-0.15, -0.1) is 0 Å². The number of amides is 2. The quantitative estimate of drug-likeness (QED) is 0.726. The molecule has 2 amide bonds. The SMILES string of the molecule is CNCC1CCCN1C(=O)C1CC(=O)N(CCOC)C1. The fourth-order valence-electron chi connectivity index (χ4n) is 3.16. The summed E-state index contributed by atoms with van der Waals surface area (Å²) < 4.78 is 5.00. The Hall–Kier alpha value is -1.14. The smallest absolute Gasteiger partial charge is 0.228 e. The van der Waals surface area contributed by atoms with Crippen LogP contribution in [-0.2, 0) is 14.3 Å². The zero-order chi connectivity index (χ0) is 14.5. The Balaban J connectivity index is 1.91. The Morgan fingerprint density at radius 1 is 1.50 bits per heavy atom. The molecular weight excluding hydrogens is 258 g/mol. The summed E-state index contributed by atoms with van der Waals surface area (Å²) in [7, 11) is 3.53. The van der Waals surface area contributed by atoms with Gasteiger partial charge in [0, 0.05) is 45.8 Å². The summed E-state index contributed by atoms with van der Waals surface area (Å²) in [5, 5.41) is 3.14. The molecule has 2 aliphatic heterocycles. The first-order valence-corrected chi connectivity index (χ1v) is 7.39. The van der Waals surface area contributed by atoms with E-state index in [9.17, 15) is 9.59 Å². The molecule has 1 N–H and O–H groups in total. The van der Waals surface area contributed by atoms with Gasteiger partial charge in [-0.25, -0.2) is 0 Å². The molecule has 0 saturated carbocycles. The van der Waals surface area contributed by atoms with Gasteiger partial charge in [0.05, 0.1) is 12.5 Å². The van der Waals surface area contributed by atoms with E-state index >= 15 is 0 Å². The molecule has 2 fully saturated rings. The molecule has 20 heavy (non-hydrogen) atoms. The van der Waals surface area contributed by atoms with Crippen molar-refractivity contribution in [1.82, 2.24) is 15.1 Å². The normalized spacial score (nSPS) is 26.6. The third-order valence-corrected chi connectivity index (χ3v) is 4.23. The van der Waals surface area contributed by atoms with Crippen LogP contribution >= 0.6 is 0 Å². The van der Waals surface area contributed by atoms with Crippen LogP contribution in [0.4, 0.5) is 0 Å². The Morgan fingerprint density at radius 3 is 3.00 bits per heavy atom. The molecule has 0 spiro atoms. The number of likely N-dealkylation sites (N-methyl/N-ethyl adjacent to an activating group) is 1. The molecule has 6 nitrogen and oxygen atoms in total. The van der Waals surface area contributed by atoms with Gasteiger partial charge in [-0.2, -0.15) is 0 Å². The molecule has 2 unspecified atom stereocenters. The zero-order valence-electron chi connectivity index (χ0n) is 12.4. The van der Waals surface area contributed by atoms with Crippen molar-refractivity contribution in [2.24, 2.45) is 5.92 Å². The summed E-state index contributed by atoms with van der Waals surface area (Å²) in [6.07, 6.45) is 2.47. The van der Waals surface area contributed by atoms with Crippen molar-refractivity contribution in [2.75, 3.05) is 46.9 Å². The Bertz CT molecular complexity index is 362. The van der Waals surface area contributed by atoms with Gasteiger partial charge < -0.3 is 19.9 Å². The molecule has 0 bridgehead atoms. The van der Waals surface area contributed by atoms with Crippen molar-refractivity contribution in [3.05, 3.63) is 0 Å². The van der Waals surface area contributed by atoms with E-state index in [0.29, 0.717) is 26.1 Å². The van der Waals surface area contributed by atoms with E-state index in [-0.39, 0.29) is 23.8 Å². The van der Waals surface area contributed by atoms with Crippen LogP contribution in [0.5, 0.6) is 0 Å². The maximum Gasteiger partial charge on any atom is 0.228 e.